The van der Waals surface area contributed by atoms with Gasteiger partial charge in [0.1, 0.15) is 5.60 Å². The second-order valence-electron chi connectivity index (χ2n) is 5.77. The first-order valence-corrected chi connectivity index (χ1v) is 7.53. The Kier molecular flexibility index (Phi) is 4.45. The molecule has 0 saturated carbocycles. The number of benzene rings is 1. The Morgan fingerprint density at radius 2 is 2.00 bits per heavy atom. The Bertz CT molecular complexity index is 549. The molecule has 2 aliphatic rings. The van der Waals surface area contributed by atoms with E-state index in [0.717, 1.165) is 5.56 Å². The van der Waals surface area contributed by atoms with E-state index in [1.165, 1.54) is 0 Å². The number of hydrogen-bond donors (Lipinski definition) is 1. The van der Waals surface area contributed by atoms with Crippen molar-refractivity contribution in [2.24, 2.45) is 5.92 Å². The Hall–Kier alpha value is -1.46. The van der Waals surface area contributed by atoms with E-state index in [-0.39, 0.29) is 12.0 Å². The van der Waals surface area contributed by atoms with Crippen molar-refractivity contribution < 1.29 is 19.3 Å². The first-order valence-electron chi connectivity index (χ1n) is 7.53. The minimum atomic E-state index is -0.781. The van der Waals surface area contributed by atoms with Crippen LogP contribution in [0.5, 0.6) is 0 Å². The van der Waals surface area contributed by atoms with Crippen LogP contribution in [0.1, 0.15) is 12.0 Å². The number of hydrogen-bond acceptors (Lipinski definition) is 4. The largest absolute Gasteiger partial charge is 0.392 e. The van der Waals surface area contributed by atoms with Crippen molar-refractivity contribution in [1.29, 1.82) is 0 Å². The molecule has 0 aromatic heterocycles. The fraction of sp³-hybridized carbons (Fsp3) is 0.444. The van der Waals surface area contributed by atoms with E-state index < -0.39 is 18.0 Å². The van der Waals surface area contributed by atoms with E-state index >= 15 is 0 Å². The molecule has 1 N–H and O–H groups in total. The van der Waals surface area contributed by atoms with Crippen molar-refractivity contribution in [2.45, 2.75) is 30.5 Å². The molecule has 4 heteroatoms. The van der Waals surface area contributed by atoms with Gasteiger partial charge in [0, 0.05) is 26.6 Å². The van der Waals surface area contributed by atoms with Crippen LogP contribution < -0.4 is 0 Å². The zero-order valence-electron chi connectivity index (χ0n) is 12.9. The van der Waals surface area contributed by atoms with Gasteiger partial charge in [0.2, 0.25) is 0 Å². The predicted octanol–water partition coefficient (Wildman–Crippen LogP) is 2.39. The van der Waals surface area contributed by atoms with Crippen LogP contribution in [0.3, 0.4) is 0 Å². The quantitative estimate of drug-likeness (QED) is 0.670. The second-order valence-corrected chi connectivity index (χ2v) is 5.77. The van der Waals surface area contributed by atoms with Crippen LogP contribution in [0.2, 0.25) is 0 Å². The molecule has 4 unspecified atom stereocenters. The summed E-state index contributed by atoms with van der Waals surface area (Å²) >= 11 is 0. The highest BCUT2D eigenvalue weighted by molar-refractivity contribution is 5.50. The van der Waals surface area contributed by atoms with Crippen molar-refractivity contribution >= 4 is 6.08 Å². The molecule has 1 fully saturated rings. The first-order chi connectivity index (χ1) is 10.7. The smallest absolute Gasteiger partial charge is 0.190 e. The Morgan fingerprint density at radius 3 is 2.68 bits per heavy atom. The molecule has 118 valence electrons. The average Bonchev–Trinajstić information content (AvgIpc) is 2.89. The third kappa shape index (κ3) is 2.63. The van der Waals surface area contributed by atoms with Gasteiger partial charge in [0.05, 0.1) is 12.2 Å². The number of aliphatic hydroxyl groups is 1. The number of methoxy groups -OCH3 is 2. The summed E-state index contributed by atoms with van der Waals surface area (Å²) in [7, 11) is 3.18. The lowest BCUT2D eigenvalue weighted by atomic mass is 9.80. The van der Waals surface area contributed by atoms with Crippen molar-refractivity contribution in [3.05, 3.63) is 54.1 Å². The maximum absolute atomic E-state index is 10.6. The van der Waals surface area contributed by atoms with Gasteiger partial charge in [-0.2, -0.15) is 0 Å². The van der Waals surface area contributed by atoms with Gasteiger partial charge < -0.3 is 19.3 Å². The molecule has 2 aliphatic heterocycles. The predicted molar refractivity (Wildman–Crippen MR) is 84.1 cm³/mol. The molecule has 0 radical (unpaired) electrons. The van der Waals surface area contributed by atoms with Gasteiger partial charge in [-0.15, -0.1) is 0 Å². The minimum absolute atomic E-state index is 0.0795. The maximum atomic E-state index is 10.6. The third-order valence-corrected chi connectivity index (χ3v) is 4.43. The van der Waals surface area contributed by atoms with Crippen molar-refractivity contribution in [1.82, 2.24) is 0 Å². The van der Waals surface area contributed by atoms with E-state index in [0.29, 0.717) is 6.42 Å². The Labute approximate surface area is 131 Å². The summed E-state index contributed by atoms with van der Waals surface area (Å²) in [6.45, 7) is 0. The highest BCUT2D eigenvalue weighted by Crippen LogP contribution is 2.45. The molecule has 0 spiro atoms. The average molecular weight is 302 g/mol. The maximum Gasteiger partial charge on any atom is 0.190 e. The molecular formula is C18H22O4. The minimum Gasteiger partial charge on any atom is -0.392 e. The van der Waals surface area contributed by atoms with E-state index in [2.05, 4.69) is 0 Å². The fourth-order valence-corrected chi connectivity index (χ4v) is 3.41. The standard InChI is InChI=1S/C18H22O4/c1-20-17(21-2)18-11-10-14(22-18)12-16(19)15(18)9-8-13-6-4-3-5-7-13/h3-11,14-17,19H,12H2,1-2H3. The van der Waals surface area contributed by atoms with Crippen molar-refractivity contribution in [3.63, 3.8) is 0 Å². The number of rotatable bonds is 5. The lowest BCUT2D eigenvalue weighted by Crippen LogP contribution is -2.56. The lowest BCUT2D eigenvalue weighted by molar-refractivity contribution is -0.257. The lowest BCUT2D eigenvalue weighted by Gasteiger charge is -2.45. The summed E-state index contributed by atoms with van der Waals surface area (Å²) in [6, 6.07) is 10.0. The first kappa shape index (κ1) is 15.4. The molecule has 1 saturated heterocycles. The third-order valence-electron chi connectivity index (χ3n) is 4.43. The molecular weight excluding hydrogens is 280 g/mol. The van der Waals surface area contributed by atoms with E-state index in [9.17, 15) is 5.11 Å². The van der Waals surface area contributed by atoms with Crippen LogP contribution >= 0.6 is 0 Å². The summed E-state index contributed by atoms with van der Waals surface area (Å²) < 4.78 is 17.0. The van der Waals surface area contributed by atoms with Crippen LogP contribution in [0.4, 0.5) is 0 Å². The zero-order valence-corrected chi connectivity index (χ0v) is 12.9. The summed E-state index contributed by atoms with van der Waals surface area (Å²) in [6.07, 6.45) is 7.42. The SMILES string of the molecule is COC(OC)C12C=CC(CC(O)C1C=Cc1ccccc1)O2. The van der Waals surface area contributed by atoms with Crippen LogP contribution in [-0.4, -0.2) is 43.4 Å². The van der Waals surface area contributed by atoms with E-state index in [4.69, 9.17) is 14.2 Å². The van der Waals surface area contributed by atoms with Crippen LogP contribution in [0.15, 0.2) is 48.6 Å². The highest BCUT2D eigenvalue weighted by Gasteiger charge is 2.55. The van der Waals surface area contributed by atoms with Crippen molar-refractivity contribution in [3.8, 4) is 0 Å². The monoisotopic (exact) mass is 302 g/mol. The van der Waals surface area contributed by atoms with Gasteiger partial charge in [0.15, 0.2) is 6.29 Å². The molecule has 1 aromatic carbocycles. The second kappa shape index (κ2) is 6.34. The molecule has 22 heavy (non-hydrogen) atoms. The topological polar surface area (TPSA) is 47.9 Å². The van der Waals surface area contributed by atoms with Gasteiger partial charge >= 0.3 is 0 Å². The van der Waals surface area contributed by atoms with Gasteiger partial charge in [0.25, 0.3) is 0 Å². The summed E-state index contributed by atoms with van der Waals surface area (Å²) in [5, 5.41) is 10.6. The van der Waals surface area contributed by atoms with Gasteiger partial charge in [-0.3, -0.25) is 0 Å². The number of aliphatic hydroxyl groups excluding tert-OH is 1. The van der Waals surface area contributed by atoms with Crippen LogP contribution in [0, 0.1) is 5.92 Å². The van der Waals surface area contributed by atoms with Gasteiger partial charge in [-0.05, 0) is 11.6 Å². The van der Waals surface area contributed by atoms with Gasteiger partial charge in [-0.1, -0.05) is 48.6 Å². The van der Waals surface area contributed by atoms with Crippen molar-refractivity contribution in [2.75, 3.05) is 14.2 Å². The number of ether oxygens (including phenoxy) is 3. The van der Waals surface area contributed by atoms with Crippen LogP contribution in [0.25, 0.3) is 6.08 Å². The Balaban J connectivity index is 1.91. The zero-order chi connectivity index (χ0) is 15.6. The molecule has 0 aliphatic carbocycles. The molecule has 4 atom stereocenters. The summed E-state index contributed by atoms with van der Waals surface area (Å²) in [5.41, 5.74) is 0.303. The fourth-order valence-electron chi connectivity index (χ4n) is 3.41. The van der Waals surface area contributed by atoms with Crippen LogP contribution in [-0.2, 0) is 14.2 Å². The van der Waals surface area contributed by atoms with E-state index in [1.807, 2.05) is 54.6 Å². The van der Waals surface area contributed by atoms with Gasteiger partial charge in [-0.25, -0.2) is 0 Å². The number of fused-ring (bicyclic) bond motifs is 2. The molecule has 0 amide bonds. The summed E-state index contributed by atoms with van der Waals surface area (Å²) in [5.74, 6) is -0.229. The van der Waals surface area contributed by atoms with E-state index in [1.54, 1.807) is 14.2 Å². The Morgan fingerprint density at radius 1 is 1.27 bits per heavy atom. The molecule has 3 rings (SSSR count). The molecule has 2 bridgehead atoms. The molecule has 4 nitrogen and oxygen atoms in total. The highest BCUT2D eigenvalue weighted by atomic mass is 16.7. The molecule has 2 heterocycles. The normalized spacial score (nSPS) is 33.9. The summed E-state index contributed by atoms with van der Waals surface area (Å²) in [4.78, 5) is 0. The molecule has 1 aromatic rings.